The normalized spacial score (nSPS) is 39.8. The molecule has 1 heterocycles. The molecule has 0 aromatic heterocycles. The van der Waals surface area contributed by atoms with Crippen LogP contribution in [0, 0.1) is 0 Å². The molecule has 0 saturated carbocycles. The highest BCUT2D eigenvalue weighted by Gasteiger charge is 2.13. The Balaban J connectivity index is 2.23. The molecule has 2 atom stereocenters. The molecule has 0 aliphatic carbocycles. The summed E-state index contributed by atoms with van der Waals surface area (Å²) in [6.07, 6.45) is 0. The highest BCUT2D eigenvalue weighted by atomic mass is 32.2. The van der Waals surface area contributed by atoms with Gasteiger partial charge in [-0.05, 0) is 13.8 Å². The highest BCUT2D eigenvalue weighted by Crippen LogP contribution is 2.14. The summed E-state index contributed by atoms with van der Waals surface area (Å²) in [6.45, 7) is 5.05. The lowest BCUT2D eigenvalue weighted by Gasteiger charge is -2.24. The van der Waals surface area contributed by atoms with E-state index >= 15 is 0 Å². The van der Waals surface area contributed by atoms with Crippen LogP contribution in [0.5, 0.6) is 0 Å². The van der Waals surface area contributed by atoms with Gasteiger partial charge in [0.2, 0.25) is 0 Å². The SMILES string of the molecule is CC1COSC(C)N1. The molecule has 1 fully saturated rings. The zero-order valence-electron chi connectivity index (χ0n) is 5.18. The van der Waals surface area contributed by atoms with Gasteiger partial charge in [-0.2, -0.15) is 0 Å². The molecular weight excluding hydrogens is 122 g/mol. The van der Waals surface area contributed by atoms with Gasteiger partial charge in [0, 0.05) is 18.1 Å². The molecule has 1 rings (SSSR count). The van der Waals surface area contributed by atoms with Gasteiger partial charge in [0.1, 0.15) is 0 Å². The zero-order chi connectivity index (χ0) is 5.98. The molecule has 1 aliphatic heterocycles. The molecule has 0 radical (unpaired) electrons. The van der Waals surface area contributed by atoms with Crippen molar-refractivity contribution in [3.63, 3.8) is 0 Å². The molecular formula is C5H11NOS. The lowest BCUT2D eigenvalue weighted by atomic mass is 10.4. The fourth-order valence-electron chi connectivity index (χ4n) is 0.720. The molecule has 1 saturated heterocycles. The van der Waals surface area contributed by atoms with E-state index in [1.165, 1.54) is 12.0 Å². The monoisotopic (exact) mass is 133 g/mol. The van der Waals surface area contributed by atoms with Gasteiger partial charge >= 0.3 is 0 Å². The van der Waals surface area contributed by atoms with Crippen molar-refractivity contribution in [1.82, 2.24) is 5.32 Å². The van der Waals surface area contributed by atoms with Gasteiger partial charge in [-0.15, -0.1) is 0 Å². The van der Waals surface area contributed by atoms with E-state index in [1.54, 1.807) is 0 Å². The maximum atomic E-state index is 5.15. The fraction of sp³-hybridized carbons (Fsp3) is 1.00. The van der Waals surface area contributed by atoms with Crippen LogP contribution in [0.25, 0.3) is 0 Å². The quantitative estimate of drug-likeness (QED) is 0.498. The Labute approximate surface area is 54.2 Å². The van der Waals surface area contributed by atoms with E-state index in [4.69, 9.17) is 4.18 Å². The van der Waals surface area contributed by atoms with Crippen LogP contribution in [0.2, 0.25) is 0 Å². The number of rotatable bonds is 0. The Bertz CT molecular complexity index is 70.8. The van der Waals surface area contributed by atoms with Crippen molar-refractivity contribution < 1.29 is 4.18 Å². The first-order chi connectivity index (χ1) is 3.79. The van der Waals surface area contributed by atoms with Gasteiger partial charge in [0.15, 0.2) is 0 Å². The van der Waals surface area contributed by atoms with Gasteiger partial charge in [0.25, 0.3) is 0 Å². The molecule has 0 aromatic carbocycles. The Kier molecular flexibility index (Phi) is 2.16. The van der Waals surface area contributed by atoms with Crippen molar-refractivity contribution in [2.24, 2.45) is 0 Å². The molecule has 2 nitrogen and oxygen atoms in total. The minimum absolute atomic E-state index is 0.457. The summed E-state index contributed by atoms with van der Waals surface area (Å²) < 4.78 is 5.15. The van der Waals surface area contributed by atoms with Crippen LogP contribution in [0.1, 0.15) is 13.8 Å². The van der Waals surface area contributed by atoms with E-state index in [2.05, 4.69) is 19.2 Å². The van der Waals surface area contributed by atoms with Gasteiger partial charge in [0.05, 0.1) is 12.0 Å². The molecule has 1 N–H and O–H groups in total. The Hall–Kier alpha value is 0.270. The van der Waals surface area contributed by atoms with Crippen molar-refractivity contribution in [3.8, 4) is 0 Å². The average molecular weight is 133 g/mol. The van der Waals surface area contributed by atoms with Crippen molar-refractivity contribution >= 4 is 12.0 Å². The van der Waals surface area contributed by atoms with E-state index < -0.39 is 0 Å². The number of hydrogen-bond donors (Lipinski definition) is 1. The van der Waals surface area contributed by atoms with Gasteiger partial charge in [-0.1, -0.05) is 0 Å². The third-order valence-electron chi connectivity index (χ3n) is 1.05. The topological polar surface area (TPSA) is 21.3 Å². The summed E-state index contributed by atoms with van der Waals surface area (Å²) in [5.41, 5.74) is 0. The fourth-order valence-corrected chi connectivity index (χ4v) is 1.49. The summed E-state index contributed by atoms with van der Waals surface area (Å²) in [6, 6.07) is 0.520. The van der Waals surface area contributed by atoms with E-state index in [0.717, 1.165) is 6.61 Å². The number of hydrogen-bond acceptors (Lipinski definition) is 3. The zero-order valence-corrected chi connectivity index (χ0v) is 5.99. The molecule has 8 heavy (non-hydrogen) atoms. The Morgan fingerprint density at radius 3 is 2.75 bits per heavy atom. The first-order valence-corrected chi connectivity index (χ1v) is 3.64. The second kappa shape index (κ2) is 2.71. The summed E-state index contributed by atoms with van der Waals surface area (Å²) in [5, 5.41) is 3.77. The molecule has 0 spiro atoms. The van der Waals surface area contributed by atoms with Gasteiger partial charge < -0.3 is 4.18 Å². The second-order valence-corrected chi connectivity index (χ2v) is 3.23. The van der Waals surface area contributed by atoms with E-state index in [0.29, 0.717) is 11.4 Å². The molecule has 0 bridgehead atoms. The summed E-state index contributed by atoms with van der Waals surface area (Å²) >= 11 is 1.51. The maximum Gasteiger partial charge on any atom is 0.0772 e. The smallest absolute Gasteiger partial charge is 0.0772 e. The Morgan fingerprint density at radius 1 is 1.62 bits per heavy atom. The number of nitrogens with one attached hydrogen (secondary N) is 1. The second-order valence-electron chi connectivity index (χ2n) is 2.09. The molecule has 1 aliphatic rings. The average Bonchev–Trinajstić information content (AvgIpc) is 1.64. The molecule has 48 valence electrons. The van der Waals surface area contributed by atoms with Crippen molar-refractivity contribution in [2.45, 2.75) is 25.3 Å². The minimum Gasteiger partial charge on any atom is -0.312 e. The van der Waals surface area contributed by atoms with Crippen LogP contribution in [-0.2, 0) is 4.18 Å². The van der Waals surface area contributed by atoms with E-state index in [9.17, 15) is 0 Å². The van der Waals surface area contributed by atoms with Crippen LogP contribution in [0.15, 0.2) is 0 Å². The molecule has 0 aromatic rings. The van der Waals surface area contributed by atoms with Crippen molar-refractivity contribution in [3.05, 3.63) is 0 Å². The lowest BCUT2D eigenvalue weighted by Crippen LogP contribution is -2.39. The van der Waals surface area contributed by atoms with E-state index in [-0.39, 0.29) is 0 Å². The maximum absolute atomic E-state index is 5.15. The van der Waals surface area contributed by atoms with Crippen LogP contribution < -0.4 is 5.32 Å². The molecule has 3 heteroatoms. The predicted octanol–water partition coefficient (Wildman–Crippen LogP) is 0.989. The van der Waals surface area contributed by atoms with Crippen molar-refractivity contribution in [1.29, 1.82) is 0 Å². The van der Waals surface area contributed by atoms with E-state index in [1.807, 2.05) is 0 Å². The largest absolute Gasteiger partial charge is 0.312 e. The summed E-state index contributed by atoms with van der Waals surface area (Å²) in [5.74, 6) is 0. The lowest BCUT2D eigenvalue weighted by molar-refractivity contribution is 0.283. The van der Waals surface area contributed by atoms with Crippen molar-refractivity contribution in [2.75, 3.05) is 6.61 Å². The molecule has 2 unspecified atom stereocenters. The first-order valence-electron chi connectivity index (χ1n) is 2.83. The Morgan fingerprint density at radius 2 is 2.38 bits per heavy atom. The predicted molar refractivity (Wildman–Crippen MR) is 35.6 cm³/mol. The van der Waals surface area contributed by atoms with Crippen LogP contribution in [0.4, 0.5) is 0 Å². The first kappa shape index (κ1) is 6.39. The third kappa shape index (κ3) is 1.65. The third-order valence-corrected chi connectivity index (χ3v) is 1.75. The summed E-state index contributed by atoms with van der Waals surface area (Å²) in [4.78, 5) is 0. The van der Waals surface area contributed by atoms with Crippen LogP contribution in [0.3, 0.4) is 0 Å². The highest BCUT2D eigenvalue weighted by molar-refractivity contribution is 7.95. The van der Waals surface area contributed by atoms with Gasteiger partial charge in [-0.3, -0.25) is 5.32 Å². The van der Waals surface area contributed by atoms with Crippen LogP contribution in [-0.4, -0.2) is 18.0 Å². The van der Waals surface area contributed by atoms with Crippen LogP contribution >= 0.6 is 12.0 Å². The van der Waals surface area contributed by atoms with Gasteiger partial charge in [-0.25, -0.2) is 0 Å². The summed E-state index contributed by atoms with van der Waals surface area (Å²) in [7, 11) is 0. The molecule has 0 amide bonds. The minimum atomic E-state index is 0.457. The standard InChI is InChI=1S/C5H11NOS/c1-4-3-7-8-5(2)6-4/h4-6H,3H2,1-2H3.